The summed E-state index contributed by atoms with van der Waals surface area (Å²) in [5, 5.41) is 1.10. The molecule has 4 rings (SSSR count). The van der Waals surface area contributed by atoms with E-state index in [1.54, 1.807) is 11.0 Å². The molecule has 7 heteroatoms. The number of halogens is 2. The second-order valence-corrected chi connectivity index (χ2v) is 8.77. The van der Waals surface area contributed by atoms with E-state index in [1.165, 1.54) is 29.9 Å². The molecular formula is C20H22ClFN2O2S. The summed E-state index contributed by atoms with van der Waals surface area (Å²) in [7, 11) is 0. The van der Waals surface area contributed by atoms with Gasteiger partial charge in [-0.05, 0) is 50.3 Å². The highest BCUT2D eigenvalue weighted by Crippen LogP contribution is 2.37. The molecule has 1 aromatic heterocycles. The topological polar surface area (TPSA) is 40.6 Å². The molecule has 2 aromatic rings. The van der Waals surface area contributed by atoms with Gasteiger partial charge in [0.15, 0.2) is 0 Å². The van der Waals surface area contributed by atoms with E-state index in [0.717, 1.165) is 25.9 Å². The summed E-state index contributed by atoms with van der Waals surface area (Å²) < 4.78 is 14.1. The van der Waals surface area contributed by atoms with Crippen LogP contribution >= 0.6 is 22.9 Å². The molecular weight excluding hydrogens is 387 g/mol. The second kappa shape index (κ2) is 7.76. The Hall–Kier alpha value is -1.66. The number of carbonyl (C=O) groups is 2. The highest BCUT2D eigenvalue weighted by atomic mass is 35.5. The predicted molar refractivity (Wildman–Crippen MR) is 106 cm³/mol. The second-order valence-electron chi connectivity index (χ2n) is 7.34. The summed E-state index contributed by atoms with van der Waals surface area (Å²) in [4.78, 5) is 29.8. The summed E-state index contributed by atoms with van der Waals surface area (Å²) >= 11 is 7.62. The van der Waals surface area contributed by atoms with E-state index >= 15 is 0 Å². The molecule has 2 aliphatic rings. The lowest BCUT2D eigenvalue weighted by atomic mass is 9.94. The Kier molecular flexibility index (Phi) is 5.37. The van der Waals surface area contributed by atoms with E-state index in [9.17, 15) is 14.0 Å². The molecule has 0 N–H and O–H groups in total. The van der Waals surface area contributed by atoms with Gasteiger partial charge in [-0.2, -0.15) is 0 Å². The van der Waals surface area contributed by atoms with Gasteiger partial charge in [-0.1, -0.05) is 11.6 Å². The van der Waals surface area contributed by atoms with Gasteiger partial charge in [0.25, 0.3) is 5.91 Å². The predicted octanol–water partition coefficient (Wildman–Crippen LogP) is 4.56. The molecule has 0 spiro atoms. The van der Waals surface area contributed by atoms with Gasteiger partial charge in [-0.15, -0.1) is 11.3 Å². The molecule has 0 radical (unpaired) electrons. The first kappa shape index (κ1) is 18.7. The first-order valence-electron chi connectivity index (χ1n) is 9.50. The Bertz CT molecular complexity index is 870. The van der Waals surface area contributed by atoms with E-state index in [4.69, 9.17) is 11.6 Å². The van der Waals surface area contributed by atoms with E-state index in [2.05, 4.69) is 0 Å². The monoisotopic (exact) mass is 408 g/mol. The minimum atomic E-state index is -0.337. The number of hydrogen-bond acceptors (Lipinski definition) is 3. The zero-order valence-electron chi connectivity index (χ0n) is 15.0. The number of fused-ring (bicyclic) bond motifs is 1. The van der Waals surface area contributed by atoms with Crippen molar-refractivity contribution < 1.29 is 14.0 Å². The summed E-state index contributed by atoms with van der Waals surface area (Å²) in [6.45, 7) is 2.85. The van der Waals surface area contributed by atoms with Crippen LogP contribution in [0.2, 0.25) is 5.02 Å². The fourth-order valence-corrected chi connectivity index (χ4v) is 5.53. The zero-order chi connectivity index (χ0) is 19.0. The van der Waals surface area contributed by atoms with Crippen LogP contribution in [0.4, 0.5) is 4.39 Å². The standard InChI is InChI=1S/C20H22ClFN2O2S/c21-17-15-5-4-14(22)12-16(15)27-18(17)20(26)24-10-6-13(7-11-24)19(25)23-8-2-1-3-9-23/h4-5,12-13H,1-3,6-11H2. The smallest absolute Gasteiger partial charge is 0.265 e. The number of rotatable bonds is 2. The van der Waals surface area contributed by atoms with Crippen LogP contribution in [0.25, 0.3) is 10.1 Å². The lowest BCUT2D eigenvalue weighted by molar-refractivity contribution is -0.137. The normalized spacial score (nSPS) is 18.9. The quantitative estimate of drug-likeness (QED) is 0.730. The van der Waals surface area contributed by atoms with E-state index in [0.29, 0.717) is 45.9 Å². The lowest BCUT2D eigenvalue weighted by Gasteiger charge is -2.35. The van der Waals surface area contributed by atoms with Crippen molar-refractivity contribution in [2.45, 2.75) is 32.1 Å². The fourth-order valence-electron chi connectivity index (χ4n) is 4.02. The van der Waals surface area contributed by atoms with Crippen LogP contribution in [0.15, 0.2) is 18.2 Å². The number of benzene rings is 1. The molecule has 4 nitrogen and oxygen atoms in total. The van der Waals surface area contributed by atoms with Crippen molar-refractivity contribution in [2.24, 2.45) is 5.92 Å². The third kappa shape index (κ3) is 3.69. The summed E-state index contributed by atoms with van der Waals surface area (Å²) in [5.74, 6) is -0.196. The number of thiophene rings is 1. The number of hydrogen-bond donors (Lipinski definition) is 0. The van der Waals surface area contributed by atoms with E-state index < -0.39 is 0 Å². The molecule has 0 atom stereocenters. The molecule has 1 aromatic carbocycles. The van der Waals surface area contributed by atoms with Gasteiger partial charge < -0.3 is 9.80 Å². The highest BCUT2D eigenvalue weighted by Gasteiger charge is 2.32. The Labute approximate surface area is 166 Å². The van der Waals surface area contributed by atoms with Crippen molar-refractivity contribution in [3.05, 3.63) is 33.9 Å². The van der Waals surface area contributed by atoms with Crippen LogP contribution in [0.1, 0.15) is 41.8 Å². The van der Waals surface area contributed by atoms with Crippen molar-refractivity contribution in [1.29, 1.82) is 0 Å². The molecule has 27 heavy (non-hydrogen) atoms. The summed E-state index contributed by atoms with van der Waals surface area (Å²) in [6.07, 6.45) is 4.77. The Morgan fingerprint density at radius 2 is 1.74 bits per heavy atom. The first-order valence-corrected chi connectivity index (χ1v) is 10.7. The number of carbonyl (C=O) groups excluding carboxylic acids is 2. The number of nitrogens with zero attached hydrogens (tertiary/aromatic N) is 2. The largest absolute Gasteiger partial charge is 0.342 e. The molecule has 2 saturated heterocycles. The Morgan fingerprint density at radius 3 is 2.44 bits per heavy atom. The van der Waals surface area contributed by atoms with Crippen LogP contribution in [0.5, 0.6) is 0 Å². The first-order chi connectivity index (χ1) is 13.0. The Morgan fingerprint density at radius 1 is 1.04 bits per heavy atom. The van der Waals surface area contributed by atoms with Crippen molar-refractivity contribution in [3.63, 3.8) is 0 Å². The molecule has 0 bridgehead atoms. The van der Waals surface area contributed by atoms with Gasteiger partial charge in [-0.25, -0.2) is 4.39 Å². The maximum absolute atomic E-state index is 13.4. The number of likely N-dealkylation sites (tertiary alicyclic amines) is 2. The molecule has 2 amide bonds. The van der Waals surface area contributed by atoms with Gasteiger partial charge in [0, 0.05) is 42.2 Å². The van der Waals surface area contributed by atoms with Crippen molar-refractivity contribution in [3.8, 4) is 0 Å². The maximum Gasteiger partial charge on any atom is 0.265 e. The molecule has 144 valence electrons. The van der Waals surface area contributed by atoms with E-state index in [-0.39, 0.29) is 23.5 Å². The average Bonchev–Trinajstić information content (AvgIpc) is 3.03. The van der Waals surface area contributed by atoms with Gasteiger partial charge in [0.2, 0.25) is 5.91 Å². The van der Waals surface area contributed by atoms with Crippen molar-refractivity contribution in [1.82, 2.24) is 9.80 Å². The van der Waals surface area contributed by atoms with Gasteiger partial charge in [0.1, 0.15) is 10.7 Å². The third-order valence-electron chi connectivity index (χ3n) is 5.58. The van der Waals surface area contributed by atoms with Gasteiger partial charge in [-0.3, -0.25) is 9.59 Å². The van der Waals surface area contributed by atoms with Crippen LogP contribution in [-0.2, 0) is 4.79 Å². The van der Waals surface area contributed by atoms with E-state index in [1.807, 2.05) is 4.90 Å². The zero-order valence-corrected chi connectivity index (χ0v) is 16.6. The molecule has 3 heterocycles. The number of amides is 2. The SMILES string of the molecule is O=C(c1sc2cc(F)ccc2c1Cl)N1CCC(C(=O)N2CCCCC2)CC1. The molecule has 0 unspecified atom stereocenters. The molecule has 2 fully saturated rings. The van der Waals surface area contributed by atoms with Crippen LogP contribution in [-0.4, -0.2) is 47.8 Å². The minimum Gasteiger partial charge on any atom is -0.342 e. The molecule has 0 aliphatic carbocycles. The van der Waals surface area contributed by atoms with Crippen molar-refractivity contribution in [2.75, 3.05) is 26.2 Å². The third-order valence-corrected chi connectivity index (χ3v) is 7.23. The molecule has 2 aliphatic heterocycles. The van der Waals surface area contributed by atoms with Gasteiger partial charge >= 0.3 is 0 Å². The fraction of sp³-hybridized carbons (Fsp3) is 0.500. The number of piperidine rings is 2. The van der Waals surface area contributed by atoms with Gasteiger partial charge in [0.05, 0.1) is 5.02 Å². The maximum atomic E-state index is 13.4. The van der Waals surface area contributed by atoms with Crippen LogP contribution < -0.4 is 0 Å². The molecule has 0 saturated carbocycles. The Balaban J connectivity index is 1.43. The summed E-state index contributed by atoms with van der Waals surface area (Å²) in [6, 6.07) is 4.38. The van der Waals surface area contributed by atoms with Crippen molar-refractivity contribution >= 4 is 44.8 Å². The highest BCUT2D eigenvalue weighted by molar-refractivity contribution is 7.21. The lowest BCUT2D eigenvalue weighted by Crippen LogP contribution is -2.45. The average molecular weight is 409 g/mol. The minimum absolute atomic E-state index is 0.0131. The van der Waals surface area contributed by atoms with Crippen LogP contribution in [0, 0.1) is 11.7 Å². The van der Waals surface area contributed by atoms with Crippen LogP contribution in [0.3, 0.4) is 0 Å². The summed E-state index contributed by atoms with van der Waals surface area (Å²) in [5.41, 5.74) is 0.